The van der Waals surface area contributed by atoms with Gasteiger partial charge in [0.2, 0.25) is 0 Å². The first kappa shape index (κ1) is 27.6. The molecule has 0 radical (unpaired) electrons. The van der Waals surface area contributed by atoms with Crippen molar-refractivity contribution < 1.29 is 9.53 Å². The Balaban J connectivity index is 1.44. The van der Waals surface area contributed by atoms with E-state index in [0.29, 0.717) is 47.9 Å². The van der Waals surface area contributed by atoms with E-state index in [1.807, 2.05) is 51.1 Å². The Morgan fingerprint density at radius 2 is 1.88 bits per heavy atom. The Morgan fingerprint density at radius 1 is 1.17 bits per heavy atom. The van der Waals surface area contributed by atoms with Crippen molar-refractivity contribution >= 4 is 22.9 Å². The van der Waals surface area contributed by atoms with E-state index in [2.05, 4.69) is 21.4 Å². The minimum absolute atomic E-state index is 0.0693. The maximum Gasteiger partial charge on any atom is 0.335 e. The first-order valence-corrected chi connectivity index (χ1v) is 13.5. The number of likely N-dealkylation sites (N-methyl/N-ethyl adjacent to an activating group) is 1. The molecule has 41 heavy (non-hydrogen) atoms. The normalized spacial score (nSPS) is 15.4. The Labute approximate surface area is 237 Å². The number of hydrogen-bond acceptors (Lipinski definition) is 8. The molecule has 0 aliphatic carbocycles. The van der Waals surface area contributed by atoms with Crippen molar-refractivity contribution in [1.29, 1.82) is 5.26 Å². The molecule has 2 aromatic heterocycles. The minimum atomic E-state index is -0.518. The van der Waals surface area contributed by atoms with Crippen LogP contribution in [0.25, 0.3) is 16.9 Å². The number of nitrogens with two attached hydrogens (primary N) is 1. The highest BCUT2D eigenvalue weighted by molar-refractivity contribution is 5.98. The fourth-order valence-electron chi connectivity index (χ4n) is 5.07. The number of para-hydroxylation sites is 1. The predicted octanol–water partition coefficient (Wildman–Crippen LogP) is 3.40. The second kappa shape index (κ2) is 11.3. The second-order valence-corrected chi connectivity index (χ2v) is 10.4. The summed E-state index contributed by atoms with van der Waals surface area (Å²) in [6, 6.07) is 18.3. The lowest BCUT2D eigenvalue weighted by molar-refractivity contribution is -0.134. The van der Waals surface area contributed by atoms with Crippen LogP contribution in [0.15, 0.2) is 77.4 Å². The van der Waals surface area contributed by atoms with E-state index < -0.39 is 5.54 Å². The highest BCUT2D eigenvalue weighted by Crippen LogP contribution is 2.27. The van der Waals surface area contributed by atoms with Crippen LogP contribution in [-0.4, -0.2) is 54.6 Å². The number of likely N-dealkylation sites (tertiary alicyclic amines) is 1. The number of amides is 1. The van der Waals surface area contributed by atoms with Crippen LogP contribution in [0.5, 0.6) is 11.5 Å². The third-order valence-corrected chi connectivity index (χ3v) is 7.09. The average molecular weight is 553 g/mol. The number of ether oxygens (including phenoxy) is 1. The van der Waals surface area contributed by atoms with Crippen LogP contribution in [0.1, 0.15) is 27.2 Å². The van der Waals surface area contributed by atoms with Gasteiger partial charge in [-0.25, -0.2) is 14.8 Å². The topological polar surface area (TPSA) is 144 Å². The lowest BCUT2D eigenvalue weighted by Gasteiger charge is -2.41. The number of nitrogens with one attached hydrogen (secondary N) is 1. The van der Waals surface area contributed by atoms with Gasteiger partial charge < -0.3 is 20.7 Å². The van der Waals surface area contributed by atoms with Gasteiger partial charge >= 0.3 is 5.69 Å². The Bertz CT molecular complexity index is 1700. The molecule has 2 aromatic carbocycles. The van der Waals surface area contributed by atoms with Crippen LogP contribution in [-0.2, 0) is 11.3 Å². The monoisotopic (exact) mass is 552 g/mol. The molecule has 3 N–H and O–H groups in total. The number of carbonyl (C=O) groups is 1. The number of carbonyl (C=O) groups excluding carboxylic acids is 1. The Kier molecular flexibility index (Phi) is 7.59. The average Bonchev–Trinajstić information content (AvgIpc) is 3.22. The van der Waals surface area contributed by atoms with Crippen molar-refractivity contribution in [2.75, 3.05) is 18.8 Å². The van der Waals surface area contributed by atoms with E-state index in [1.54, 1.807) is 35.2 Å². The van der Waals surface area contributed by atoms with E-state index in [4.69, 9.17) is 10.5 Å². The fourth-order valence-corrected chi connectivity index (χ4v) is 5.07. The minimum Gasteiger partial charge on any atom is -0.457 e. The molecular formula is C30H32N8O3. The third-order valence-electron chi connectivity index (χ3n) is 7.09. The predicted molar refractivity (Wildman–Crippen MR) is 156 cm³/mol. The second-order valence-electron chi connectivity index (χ2n) is 10.4. The lowest BCUT2D eigenvalue weighted by Crippen LogP contribution is -2.54. The molecule has 0 saturated carbocycles. The van der Waals surface area contributed by atoms with Crippen LogP contribution in [0.2, 0.25) is 0 Å². The molecule has 1 atom stereocenters. The summed E-state index contributed by atoms with van der Waals surface area (Å²) in [5, 5.41) is 13.0. The highest BCUT2D eigenvalue weighted by atomic mass is 16.5. The van der Waals surface area contributed by atoms with E-state index in [9.17, 15) is 14.9 Å². The number of nitriles is 1. The summed E-state index contributed by atoms with van der Waals surface area (Å²) in [6.45, 7) is 7.18. The van der Waals surface area contributed by atoms with Crippen molar-refractivity contribution in [2.45, 2.75) is 45.3 Å². The summed E-state index contributed by atoms with van der Waals surface area (Å²) in [5.74, 6) is 1.13. The Morgan fingerprint density at radius 3 is 2.51 bits per heavy atom. The zero-order chi connectivity index (χ0) is 29.1. The lowest BCUT2D eigenvalue weighted by atomic mass is 9.97. The summed E-state index contributed by atoms with van der Waals surface area (Å²) in [5.41, 5.74) is 6.77. The zero-order valence-electron chi connectivity index (χ0n) is 23.2. The number of imidazole rings is 1. The number of rotatable bonds is 9. The maximum atomic E-state index is 13.8. The number of hydrogen-bond donors (Lipinski definition) is 2. The molecule has 1 aliphatic rings. The van der Waals surface area contributed by atoms with Gasteiger partial charge in [-0.1, -0.05) is 25.1 Å². The quantitative estimate of drug-likeness (QED) is 0.238. The van der Waals surface area contributed by atoms with Crippen molar-refractivity contribution in [3.8, 4) is 23.3 Å². The van der Waals surface area contributed by atoms with Gasteiger partial charge in [0.05, 0.1) is 11.7 Å². The molecule has 4 aromatic rings. The number of nitrogens with zero attached hydrogens (tertiary/aromatic N) is 6. The van der Waals surface area contributed by atoms with Crippen LogP contribution in [0.4, 0.5) is 5.82 Å². The van der Waals surface area contributed by atoms with Gasteiger partial charge in [0.15, 0.2) is 11.5 Å². The van der Waals surface area contributed by atoms with Crippen LogP contribution in [0.3, 0.4) is 0 Å². The first-order chi connectivity index (χ1) is 19.7. The molecular weight excluding hydrogens is 520 g/mol. The third kappa shape index (κ3) is 5.55. The Hall–Kier alpha value is -4.95. The van der Waals surface area contributed by atoms with Crippen LogP contribution < -0.4 is 21.5 Å². The van der Waals surface area contributed by atoms with Gasteiger partial charge in [-0.2, -0.15) is 5.26 Å². The van der Waals surface area contributed by atoms with Gasteiger partial charge in [-0.15, -0.1) is 0 Å². The summed E-state index contributed by atoms with van der Waals surface area (Å²) < 4.78 is 8.88. The standard InChI is InChI=1S/C30H32N8O3/c1-4-35-30(2,3)16-20(17-31)28(39)36-15-14-22(36)18-37-27-25(26(32)33-19-34-27)38(29(37)40)21-10-12-24(13-11-21)41-23-8-6-5-7-9-23/h5-13,16,19,22,35H,4,14-15,18H2,1-3H3,(H2,32,33,34)/b20-16-/t22-/m0/s1. The van der Waals surface area contributed by atoms with Crippen molar-refractivity contribution in [1.82, 2.24) is 29.3 Å². The number of nitrogen functional groups attached to an aromatic ring is 1. The van der Waals surface area contributed by atoms with E-state index in [1.165, 1.54) is 15.5 Å². The van der Waals surface area contributed by atoms with Gasteiger partial charge in [0, 0.05) is 18.6 Å². The molecule has 1 amide bonds. The molecule has 0 spiro atoms. The van der Waals surface area contributed by atoms with Crippen LogP contribution in [0, 0.1) is 11.3 Å². The molecule has 5 rings (SSSR count). The molecule has 0 unspecified atom stereocenters. The highest BCUT2D eigenvalue weighted by Gasteiger charge is 2.36. The number of benzene rings is 2. The van der Waals surface area contributed by atoms with Gasteiger partial charge in [0.25, 0.3) is 5.91 Å². The van der Waals surface area contributed by atoms with E-state index >= 15 is 0 Å². The number of aromatic nitrogens is 4. The summed E-state index contributed by atoms with van der Waals surface area (Å²) in [6.07, 6.45) is 3.66. The van der Waals surface area contributed by atoms with Crippen molar-refractivity contribution in [3.05, 3.63) is 83.1 Å². The van der Waals surface area contributed by atoms with Gasteiger partial charge in [-0.05, 0) is 69.3 Å². The van der Waals surface area contributed by atoms with Gasteiger partial charge in [-0.3, -0.25) is 13.9 Å². The van der Waals surface area contributed by atoms with Gasteiger partial charge in [0.1, 0.15) is 35.0 Å². The summed E-state index contributed by atoms with van der Waals surface area (Å²) in [4.78, 5) is 37.2. The molecule has 1 fully saturated rings. The fraction of sp³-hybridized carbons (Fsp3) is 0.300. The van der Waals surface area contributed by atoms with Crippen molar-refractivity contribution in [2.24, 2.45) is 0 Å². The molecule has 0 bridgehead atoms. The molecule has 1 saturated heterocycles. The van der Waals surface area contributed by atoms with E-state index in [0.717, 1.165) is 0 Å². The van der Waals surface area contributed by atoms with Crippen molar-refractivity contribution in [3.63, 3.8) is 0 Å². The molecule has 11 nitrogen and oxygen atoms in total. The number of fused-ring (bicyclic) bond motifs is 1. The van der Waals surface area contributed by atoms with E-state index in [-0.39, 0.29) is 35.6 Å². The molecule has 3 heterocycles. The zero-order valence-corrected chi connectivity index (χ0v) is 23.2. The SMILES string of the molecule is CCNC(C)(C)/C=C(/C#N)C(=O)N1CC[C@H]1Cn1c(=O)n(-c2ccc(Oc3ccccc3)cc2)c2c(N)ncnc21. The summed E-state index contributed by atoms with van der Waals surface area (Å²) in [7, 11) is 0. The summed E-state index contributed by atoms with van der Waals surface area (Å²) >= 11 is 0. The maximum absolute atomic E-state index is 13.8. The molecule has 210 valence electrons. The first-order valence-electron chi connectivity index (χ1n) is 13.5. The smallest absolute Gasteiger partial charge is 0.335 e. The molecule has 11 heteroatoms. The van der Waals surface area contributed by atoms with Crippen LogP contribution >= 0.6 is 0 Å². The molecule has 1 aliphatic heterocycles. The largest absolute Gasteiger partial charge is 0.457 e. The number of anilines is 1.